The van der Waals surface area contributed by atoms with Crippen LogP contribution in [0.4, 0.5) is 18.2 Å². The molecule has 10 heteroatoms. The summed E-state index contributed by atoms with van der Waals surface area (Å²) in [6.45, 7) is 3.64. The maximum atomic E-state index is 12.9. The summed E-state index contributed by atoms with van der Waals surface area (Å²) >= 11 is 1.24. The van der Waals surface area contributed by atoms with E-state index >= 15 is 0 Å². The largest absolute Gasteiger partial charge is 0.465 e. The van der Waals surface area contributed by atoms with Crippen LogP contribution >= 0.6 is 11.3 Å². The number of aryl methyl sites for hydroxylation is 1. The number of methoxy groups -OCH3 is 1. The van der Waals surface area contributed by atoms with Gasteiger partial charge < -0.3 is 15.0 Å². The first-order chi connectivity index (χ1) is 14.5. The molecule has 1 aromatic heterocycles. The number of halogens is 3. The summed E-state index contributed by atoms with van der Waals surface area (Å²) in [6.07, 6.45) is -4.52. The second-order valence-electron chi connectivity index (χ2n) is 7.34. The van der Waals surface area contributed by atoms with Crippen molar-refractivity contribution in [1.29, 1.82) is 0 Å². The van der Waals surface area contributed by atoms with E-state index in [2.05, 4.69) is 5.32 Å². The number of anilines is 1. The van der Waals surface area contributed by atoms with Gasteiger partial charge in [0.15, 0.2) is 0 Å². The van der Waals surface area contributed by atoms with Gasteiger partial charge in [0.25, 0.3) is 0 Å². The van der Waals surface area contributed by atoms with E-state index in [0.29, 0.717) is 16.1 Å². The third kappa shape index (κ3) is 4.90. The molecule has 0 spiro atoms. The lowest BCUT2D eigenvalue weighted by Crippen LogP contribution is -2.28. The molecule has 0 saturated carbocycles. The fourth-order valence-corrected chi connectivity index (χ4v) is 4.50. The molecule has 1 atom stereocenters. The van der Waals surface area contributed by atoms with Crippen molar-refractivity contribution in [3.63, 3.8) is 0 Å². The fraction of sp³-hybridized carbons (Fsp3) is 0.381. The zero-order chi connectivity index (χ0) is 22.9. The number of alkyl halides is 3. The molecule has 6 nitrogen and oxygen atoms in total. The van der Waals surface area contributed by atoms with E-state index in [-0.39, 0.29) is 31.0 Å². The minimum absolute atomic E-state index is 0.0167. The summed E-state index contributed by atoms with van der Waals surface area (Å²) in [7, 11) is 1.25. The molecule has 1 saturated heterocycles. The zero-order valence-corrected chi connectivity index (χ0v) is 17.9. The van der Waals surface area contributed by atoms with Gasteiger partial charge in [0.05, 0.1) is 24.2 Å². The molecule has 166 valence electrons. The van der Waals surface area contributed by atoms with Crippen molar-refractivity contribution in [3.05, 3.63) is 51.4 Å². The predicted molar refractivity (Wildman–Crippen MR) is 109 cm³/mol. The normalized spacial score (nSPS) is 16.5. The third-order valence-electron chi connectivity index (χ3n) is 5.22. The highest BCUT2D eigenvalue weighted by Gasteiger charge is 2.36. The minimum Gasteiger partial charge on any atom is -0.465 e. The van der Waals surface area contributed by atoms with E-state index in [1.165, 1.54) is 35.5 Å². The van der Waals surface area contributed by atoms with Crippen LogP contribution in [0.15, 0.2) is 24.3 Å². The number of hydrogen-bond acceptors (Lipinski definition) is 5. The van der Waals surface area contributed by atoms with Crippen molar-refractivity contribution in [2.75, 3.05) is 19.0 Å². The number of likely N-dealkylation sites (tertiary alicyclic amines) is 1. The number of thiophene rings is 1. The third-order valence-corrected chi connectivity index (χ3v) is 6.35. The molecule has 1 fully saturated rings. The maximum absolute atomic E-state index is 12.9. The lowest BCUT2D eigenvalue weighted by Gasteiger charge is -2.17. The number of nitrogens with zero attached hydrogens (tertiary/aromatic N) is 1. The molecular formula is C21H21F3N2O4S. The summed E-state index contributed by atoms with van der Waals surface area (Å²) in [4.78, 5) is 39.4. The molecular weight excluding hydrogens is 433 g/mol. The van der Waals surface area contributed by atoms with Crippen LogP contribution in [-0.2, 0) is 27.0 Å². The lowest BCUT2D eigenvalue weighted by atomic mass is 10.1. The summed E-state index contributed by atoms with van der Waals surface area (Å²) in [5, 5.41) is 3.07. The average Bonchev–Trinajstić information content (AvgIpc) is 3.20. The molecule has 1 aromatic carbocycles. The van der Waals surface area contributed by atoms with Crippen LogP contribution in [0.2, 0.25) is 0 Å². The number of ether oxygens (including phenoxy) is 1. The van der Waals surface area contributed by atoms with Gasteiger partial charge in [-0.1, -0.05) is 12.1 Å². The van der Waals surface area contributed by atoms with Gasteiger partial charge in [0.2, 0.25) is 11.8 Å². The van der Waals surface area contributed by atoms with Crippen molar-refractivity contribution < 1.29 is 32.3 Å². The van der Waals surface area contributed by atoms with Crippen LogP contribution in [0.25, 0.3) is 0 Å². The second kappa shape index (κ2) is 8.70. The Kier molecular flexibility index (Phi) is 6.40. The molecule has 2 amide bonds. The molecule has 0 aliphatic carbocycles. The number of nitrogens with one attached hydrogen (secondary N) is 1. The van der Waals surface area contributed by atoms with Crippen molar-refractivity contribution in [3.8, 4) is 0 Å². The maximum Gasteiger partial charge on any atom is 0.416 e. The zero-order valence-electron chi connectivity index (χ0n) is 17.1. The van der Waals surface area contributed by atoms with Gasteiger partial charge in [-0.15, -0.1) is 11.3 Å². The molecule has 2 aromatic rings. The van der Waals surface area contributed by atoms with E-state index in [0.717, 1.165) is 17.0 Å². The Hall–Kier alpha value is -2.88. The number of esters is 1. The van der Waals surface area contributed by atoms with Crippen molar-refractivity contribution >= 4 is 34.1 Å². The first kappa shape index (κ1) is 22.8. The Labute approximate surface area is 181 Å². The van der Waals surface area contributed by atoms with Gasteiger partial charge >= 0.3 is 12.1 Å². The van der Waals surface area contributed by atoms with Gasteiger partial charge in [0.1, 0.15) is 5.00 Å². The van der Waals surface area contributed by atoms with Crippen LogP contribution in [0.3, 0.4) is 0 Å². The van der Waals surface area contributed by atoms with Crippen LogP contribution in [0, 0.1) is 19.8 Å². The van der Waals surface area contributed by atoms with Crippen molar-refractivity contribution in [2.24, 2.45) is 5.92 Å². The van der Waals surface area contributed by atoms with Gasteiger partial charge in [-0.3, -0.25) is 9.59 Å². The Bertz CT molecular complexity index is 1030. The van der Waals surface area contributed by atoms with E-state index in [1.54, 1.807) is 6.92 Å². The number of carbonyl (C=O) groups is 3. The van der Waals surface area contributed by atoms with Gasteiger partial charge in [-0.25, -0.2) is 4.79 Å². The smallest absolute Gasteiger partial charge is 0.416 e. The minimum atomic E-state index is -4.47. The van der Waals surface area contributed by atoms with E-state index < -0.39 is 29.5 Å². The summed E-state index contributed by atoms with van der Waals surface area (Å²) in [6, 6.07) is 4.77. The lowest BCUT2D eigenvalue weighted by molar-refractivity contribution is -0.137. The Morgan fingerprint density at radius 1 is 1.29 bits per heavy atom. The summed E-state index contributed by atoms with van der Waals surface area (Å²) < 4.78 is 43.5. The number of amides is 2. The molecule has 1 unspecified atom stereocenters. The van der Waals surface area contributed by atoms with Crippen molar-refractivity contribution in [2.45, 2.75) is 33.0 Å². The van der Waals surface area contributed by atoms with Crippen LogP contribution < -0.4 is 5.32 Å². The average molecular weight is 454 g/mol. The standard InChI is InChI=1S/C21H21F3N2O4S/c1-11-12(2)31-19(17(11)20(29)30-3)25-18(28)14-8-16(27)26(10-14)9-13-5-4-6-15(7-13)21(22,23)24/h4-7,14H,8-10H2,1-3H3,(H,25,28). The Morgan fingerprint density at radius 2 is 2.00 bits per heavy atom. The number of carbonyl (C=O) groups excluding carboxylic acids is 3. The highest BCUT2D eigenvalue weighted by atomic mass is 32.1. The highest BCUT2D eigenvalue weighted by Crippen LogP contribution is 2.34. The van der Waals surface area contributed by atoms with E-state index in [4.69, 9.17) is 4.74 Å². The van der Waals surface area contributed by atoms with E-state index in [1.807, 2.05) is 6.92 Å². The molecule has 31 heavy (non-hydrogen) atoms. The number of benzene rings is 1. The Morgan fingerprint density at radius 3 is 2.65 bits per heavy atom. The van der Waals surface area contributed by atoms with Crippen LogP contribution in [0.1, 0.15) is 38.3 Å². The topological polar surface area (TPSA) is 75.7 Å². The second-order valence-corrected chi connectivity index (χ2v) is 8.57. The molecule has 0 radical (unpaired) electrons. The monoisotopic (exact) mass is 454 g/mol. The van der Waals surface area contributed by atoms with Gasteiger partial charge in [0, 0.05) is 24.4 Å². The van der Waals surface area contributed by atoms with Crippen LogP contribution in [0.5, 0.6) is 0 Å². The quantitative estimate of drug-likeness (QED) is 0.689. The van der Waals surface area contributed by atoms with E-state index in [9.17, 15) is 27.6 Å². The molecule has 1 N–H and O–H groups in total. The van der Waals surface area contributed by atoms with Gasteiger partial charge in [-0.05, 0) is 37.1 Å². The SMILES string of the molecule is COC(=O)c1c(NC(=O)C2CC(=O)N(Cc3cccc(C(F)(F)F)c3)C2)sc(C)c1C. The number of hydrogen-bond donors (Lipinski definition) is 1. The molecule has 1 aliphatic rings. The van der Waals surface area contributed by atoms with Gasteiger partial charge in [-0.2, -0.15) is 13.2 Å². The predicted octanol–water partition coefficient (Wildman–Crippen LogP) is 4.16. The molecule has 0 bridgehead atoms. The molecule has 3 rings (SSSR count). The van der Waals surface area contributed by atoms with Crippen LogP contribution in [-0.4, -0.2) is 36.3 Å². The summed E-state index contributed by atoms with van der Waals surface area (Å²) in [5.74, 6) is -1.98. The Balaban J connectivity index is 1.70. The molecule has 2 heterocycles. The fourth-order valence-electron chi connectivity index (χ4n) is 3.44. The number of rotatable bonds is 5. The first-order valence-corrected chi connectivity index (χ1v) is 10.3. The highest BCUT2D eigenvalue weighted by molar-refractivity contribution is 7.16. The van der Waals surface area contributed by atoms with Crippen molar-refractivity contribution in [1.82, 2.24) is 4.90 Å². The first-order valence-electron chi connectivity index (χ1n) is 9.44. The molecule has 1 aliphatic heterocycles. The summed E-state index contributed by atoms with van der Waals surface area (Å²) in [5.41, 5.74) is 0.538.